The van der Waals surface area contributed by atoms with E-state index in [9.17, 15) is 4.79 Å². The van der Waals surface area contributed by atoms with E-state index in [1.165, 1.54) is 12.8 Å². The lowest BCUT2D eigenvalue weighted by Gasteiger charge is -2.21. The van der Waals surface area contributed by atoms with Gasteiger partial charge in [-0.05, 0) is 26.2 Å². The van der Waals surface area contributed by atoms with Crippen LogP contribution in [0, 0.1) is 5.92 Å². The molecule has 0 radical (unpaired) electrons. The first-order valence-corrected chi connectivity index (χ1v) is 7.46. The molecule has 0 saturated heterocycles. The van der Waals surface area contributed by atoms with E-state index >= 15 is 0 Å². The molecule has 0 heterocycles. The Labute approximate surface area is 116 Å². The van der Waals surface area contributed by atoms with Crippen molar-refractivity contribution in [3.05, 3.63) is 0 Å². The third-order valence-corrected chi connectivity index (χ3v) is 3.16. The number of aliphatic imine (C=N–C) groups is 1. The highest BCUT2D eigenvalue weighted by Gasteiger charge is 2.28. The van der Waals surface area contributed by atoms with Crippen LogP contribution in [0.2, 0.25) is 0 Å². The first kappa shape index (κ1) is 15.8. The maximum absolute atomic E-state index is 11.5. The molecule has 0 unspecified atom stereocenters. The van der Waals surface area contributed by atoms with Gasteiger partial charge in [0.2, 0.25) is 5.91 Å². The number of amides is 1. The summed E-state index contributed by atoms with van der Waals surface area (Å²) in [7, 11) is 2.06. The van der Waals surface area contributed by atoms with E-state index in [2.05, 4.69) is 41.4 Å². The predicted octanol–water partition coefficient (Wildman–Crippen LogP) is 1.21. The summed E-state index contributed by atoms with van der Waals surface area (Å²) < 4.78 is 0. The van der Waals surface area contributed by atoms with Crippen molar-refractivity contribution in [2.75, 3.05) is 33.2 Å². The summed E-state index contributed by atoms with van der Waals surface area (Å²) in [5, 5.41) is 6.21. The van der Waals surface area contributed by atoms with Crippen molar-refractivity contribution in [1.29, 1.82) is 0 Å². The van der Waals surface area contributed by atoms with Crippen molar-refractivity contribution >= 4 is 11.9 Å². The molecule has 5 nitrogen and oxygen atoms in total. The highest BCUT2D eigenvalue weighted by Crippen LogP contribution is 2.28. The van der Waals surface area contributed by atoms with Crippen LogP contribution in [0.5, 0.6) is 0 Å². The van der Waals surface area contributed by atoms with E-state index < -0.39 is 0 Å². The molecular weight excluding hydrogens is 240 g/mol. The molecule has 0 aromatic rings. The Morgan fingerprint density at radius 2 is 2.05 bits per heavy atom. The summed E-state index contributed by atoms with van der Waals surface area (Å²) in [4.78, 5) is 18.1. The van der Waals surface area contributed by atoms with Gasteiger partial charge >= 0.3 is 0 Å². The molecule has 0 bridgehead atoms. The van der Waals surface area contributed by atoms with Gasteiger partial charge in [0, 0.05) is 32.6 Å². The third kappa shape index (κ3) is 6.45. The van der Waals surface area contributed by atoms with Gasteiger partial charge in [-0.15, -0.1) is 0 Å². The first-order valence-electron chi connectivity index (χ1n) is 7.46. The number of nitrogens with one attached hydrogen (secondary N) is 2. The fourth-order valence-electron chi connectivity index (χ4n) is 1.80. The van der Waals surface area contributed by atoms with Gasteiger partial charge in [0.1, 0.15) is 0 Å². The van der Waals surface area contributed by atoms with Crippen molar-refractivity contribution < 1.29 is 4.79 Å². The maximum Gasteiger partial charge on any atom is 0.223 e. The Bertz CT molecular complexity index is 300. The van der Waals surface area contributed by atoms with E-state index in [1.54, 1.807) is 0 Å². The Balaban J connectivity index is 2.27. The third-order valence-electron chi connectivity index (χ3n) is 3.16. The number of nitrogens with zero attached hydrogens (tertiary/aromatic N) is 2. The lowest BCUT2D eigenvalue weighted by molar-refractivity contribution is -0.122. The highest BCUT2D eigenvalue weighted by atomic mass is 16.2. The zero-order valence-corrected chi connectivity index (χ0v) is 12.5. The number of guanidine groups is 1. The molecule has 1 aliphatic carbocycles. The summed E-state index contributed by atoms with van der Waals surface area (Å²) in [5.74, 6) is 1.40. The number of carbonyl (C=O) groups is 1. The van der Waals surface area contributed by atoms with Crippen molar-refractivity contribution in [1.82, 2.24) is 15.5 Å². The van der Waals surface area contributed by atoms with E-state index in [0.29, 0.717) is 13.1 Å². The molecule has 0 aromatic carbocycles. The second-order valence-corrected chi connectivity index (χ2v) is 5.08. The van der Waals surface area contributed by atoms with Gasteiger partial charge in [-0.2, -0.15) is 0 Å². The van der Waals surface area contributed by atoms with Crippen LogP contribution in [-0.4, -0.2) is 50.0 Å². The molecule has 0 aliphatic heterocycles. The monoisotopic (exact) mass is 268 g/mol. The van der Waals surface area contributed by atoms with Gasteiger partial charge in [-0.3, -0.25) is 9.79 Å². The van der Waals surface area contributed by atoms with Gasteiger partial charge in [0.25, 0.3) is 0 Å². The minimum absolute atomic E-state index is 0.194. The largest absolute Gasteiger partial charge is 0.357 e. The quantitative estimate of drug-likeness (QED) is 0.395. The fraction of sp³-hybridized carbons (Fsp3) is 0.857. The van der Waals surface area contributed by atoms with Crippen LogP contribution < -0.4 is 10.6 Å². The Morgan fingerprint density at radius 3 is 2.63 bits per heavy atom. The minimum atomic E-state index is 0.194. The van der Waals surface area contributed by atoms with Gasteiger partial charge in [0.05, 0.1) is 6.54 Å². The first-order chi connectivity index (χ1) is 9.19. The van der Waals surface area contributed by atoms with Crippen LogP contribution >= 0.6 is 0 Å². The van der Waals surface area contributed by atoms with Crippen LogP contribution in [0.3, 0.4) is 0 Å². The molecule has 1 rings (SSSR count). The molecule has 0 aromatic heterocycles. The molecule has 19 heavy (non-hydrogen) atoms. The van der Waals surface area contributed by atoms with Crippen LogP contribution in [0.1, 0.15) is 39.5 Å². The lowest BCUT2D eigenvalue weighted by Crippen LogP contribution is -2.40. The molecule has 1 amide bonds. The van der Waals surface area contributed by atoms with E-state index in [4.69, 9.17) is 0 Å². The summed E-state index contributed by atoms with van der Waals surface area (Å²) in [6.45, 7) is 7.40. The van der Waals surface area contributed by atoms with Crippen LogP contribution in [-0.2, 0) is 4.79 Å². The molecule has 1 aliphatic rings. The smallest absolute Gasteiger partial charge is 0.223 e. The zero-order valence-electron chi connectivity index (χ0n) is 12.5. The molecule has 110 valence electrons. The summed E-state index contributed by atoms with van der Waals surface area (Å²) >= 11 is 0. The fourth-order valence-corrected chi connectivity index (χ4v) is 1.80. The molecule has 2 N–H and O–H groups in total. The van der Waals surface area contributed by atoms with Crippen molar-refractivity contribution in [2.24, 2.45) is 10.9 Å². The second kappa shape index (κ2) is 8.77. The summed E-state index contributed by atoms with van der Waals surface area (Å²) in [6.07, 6.45) is 4.45. The zero-order chi connectivity index (χ0) is 14.1. The highest BCUT2D eigenvalue weighted by molar-refractivity contribution is 5.81. The van der Waals surface area contributed by atoms with Gasteiger partial charge < -0.3 is 15.5 Å². The van der Waals surface area contributed by atoms with E-state index in [0.717, 1.165) is 31.9 Å². The average Bonchev–Trinajstić information content (AvgIpc) is 3.23. The van der Waals surface area contributed by atoms with Crippen molar-refractivity contribution in [2.45, 2.75) is 39.5 Å². The second-order valence-electron chi connectivity index (χ2n) is 5.08. The van der Waals surface area contributed by atoms with E-state index in [-0.39, 0.29) is 11.8 Å². The molecule has 5 heteroatoms. The molecular formula is C14H28N4O. The topological polar surface area (TPSA) is 56.7 Å². The van der Waals surface area contributed by atoms with Crippen molar-refractivity contribution in [3.8, 4) is 0 Å². The van der Waals surface area contributed by atoms with Gasteiger partial charge in [0.15, 0.2) is 5.96 Å². The minimum Gasteiger partial charge on any atom is -0.357 e. The summed E-state index contributed by atoms with van der Waals surface area (Å²) in [5.41, 5.74) is 0. The van der Waals surface area contributed by atoms with Gasteiger partial charge in [-0.25, -0.2) is 0 Å². The molecule has 1 fully saturated rings. The molecule has 0 atom stereocenters. The number of hydrogen-bond donors (Lipinski definition) is 2. The molecule has 0 spiro atoms. The average molecular weight is 268 g/mol. The maximum atomic E-state index is 11.5. The standard InChI is InChI=1S/C14H28N4O/c1-4-6-11-18(3)14(15-5-2)17-10-9-16-13(19)12-7-8-12/h12H,4-11H2,1-3H3,(H,15,17)(H,16,19). The normalized spacial score (nSPS) is 15.2. The SMILES string of the molecule is CCCCN(C)C(=NCCNC(=O)C1CC1)NCC. The Morgan fingerprint density at radius 1 is 1.32 bits per heavy atom. The van der Waals surface area contributed by atoms with Crippen LogP contribution in [0.15, 0.2) is 4.99 Å². The predicted molar refractivity (Wildman–Crippen MR) is 79.3 cm³/mol. The number of rotatable bonds is 8. The van der Waals surface area contributed by atoms with Crippen molar-refractivity contribution in [3.63, 3.8) is 0 Å². The van der Waals surface area contributed by atoms with Crippen LogP contribution in [0.25, 0.3) is 0 Å². The number of unbranched alkanes of at least 4 members (excludes halogenated alkanes) is 1. The molecule has 1 saturated carbocycles. The van der Waals surface area contributed by atoms with Gasteiger partial charge in [-0.1, -0.05) is 13.3 Å². The number of hydrogen-bond acceptors (Lipinski definition) is 2. The lowest BCUT2D eigenvalue weighted by atomic mass is 10.3. The number of carbonyl (C=O) groups excluding carboxylic acids is 1. The van der Waals surface area contributed by atoms with Crippen LogP contribution in [0.4, 0.5) is 0 Å². The Kier molecular flexibility index (Phi) is 7.30. The summed E-state index contributed by atoms with van der Waals surface area (Å²) in [6, 6.07) is 0. The van der Waals surface area contributed by atoms with E-state index in [1.807, 2.05) is 0 Å². The Hall–Kier alpha value is -1.26.